The molecule has 0 radical (unpaired) electrons. The van der Waals surface area contributed by atoms with Crippen LogP contribution in [-0.2, 0) is 4.79 Å². The number of nitrogens with one attached hydrogen (secondary N) is 2. The molecule has 1 heterocycles. The zero-order valence-corrected chi connectivity index (χ0v) is 23.4. The molecule has 0 saturated heterocycles. The number of halogens is 2. The van der Waals surface area contributed by atoms with Crippen molar-refractivity contribution in [2.24, 2.45) is 0 Å². The van der Waals surface area contributed by atoms with Crippen LogP contribution in [0.2, 0.25) is 0 Å². The predicted molar refractivity (Wildman–Crippen MR) is 153 cm³/mol. The summed E-state index contributed by atoms with van der Waals surface area (Å²) in [6.07, 6.45) is 1.27. The first-order chi connectivity index (χ1) is 18.7. The second-order valence-corrected chi connectivity index (χ2v) is 11.3. The van der Waals surface area contributed by atoms with Crippen LogP contribution in [-0.4, -0.2) is 28.7 Å². The molecule has 6 nitrogen and oxygen atoms in total. The van der Waals surface area contributed by atoms with Crippen molar-refractivity contribution in [3.05, 3.63) is 83.4 Å². The largest absolute Gasteiger partial charge is 0.488 e. The summed E-state index contributed by atoms with van der Waals surface area (Å²) in [5.74, 6) is -3.33. The van der Waals surface area contributed by atoms with E-state index in [1.54, 1.807) is 25.1 Å². The molecule has 2 atom stereocenters. The van der Waals surface area contributed by atoms with Crippen molar-refractivity contribution in [1.29, 1.82) is 0 Å². The van der Waals surface area contributed by atoms with Gasteiger partial charge in [0.05, 0.1) is 33.7 Å². The summed E-state index contributed by atoms with van der Waals surface area (Å²) in [6, 6.07) is 17.2. The summed E-state index contributed by atoms with van der Waals surface area (Å²) >= 11 is 2.70. The van der Waals surface area contributed by atoms with E-state index in [9.17, 15) is 18.4 Å². The van der Waals surface area contributed by atoms with Gasteiger partial charge in [-0.05, 0) is 56.2 Å². The molecule has 3 aromatic carbocycles. The molecule has 2 N–H and O–H groups in total. The molecule has 39 heavy (non-hydrogen) atoms. The van der Waals surface area contributed by atoms with Crippen molar-refractivity contribution < 1.29 is 23.1 Å². The fraction of sp³-hybridized carbons (Fsp3) is 0.276. The molecule has 0 bridgehead atoms. The molecule has 0 spiro atoms. The standard InChI is InChI=1S/C29H29F2N3O3S2/c1-4-8-17(2)37-23-14-12-21(26(30)27(23)31)28(36)33-20-11-13-22-24(15-20)39-29(34-22)38-16-25(35)32-18(3)19-9-6-5-7-10-19/h5-7,9-15,17-18H,4,8,16H2,1-3H3,(H,32,35)(H,33,36)/t17?,18-/m0/s1. The molecule has 204 valence electrons. The SMILES string of the molecule is CCCC(C)Oc1ccc(C(=O)Nc2ccc3nc(SCC(=O)N[C@@H](C)c4ccccc4)sc3c2)c(F)c1F. The molecule has 0 saturated carbocycles. The molecular weight excluding hydrogens is 540 g/mol. The Bertz CT molecular complexity index is 1460. The van der Waals surface area contributed by atoms with E-state index in [1.807, 2.05) is 44.2 Å². The summed E-state index contributed by atoms with van der Waals surface area (Å²) < 4.78 is 36.2. The van der Waals surface area contributed by atoms with E-state index in [0.717, 1.165) is 16.7 Å². The van der Waals surface area contributed by atoms with Gasteiger partial charge in [-0.15, -0.1) is 11.3 Å². The van der Waals surface area contributed by atoms with Crippen LogP contribution >= 0.6 is 23.1 Å². The molecule has 0 fully saturated rings. The molecule has 4 rings (SSSR count). The molecule has 1 aromatic heterocycles. The maximum atomic E-state index is 14.7. The number of thioether (sulfide) groups is 1. The Morgan fingerprint density at radius 3 is 2.56 bits per heavy atom. The number of benzene rings is 3. The first-order valence-corrected chi connectivity index (χ1v) is 14.4. The van der Waals surface area contributed by atoms with E-state index in [1.165, 1.54) is 35.2 Å². The molecule has 0 aliphatic heterocycles. The van der Waals surface area contributed by atoms with E-state index < -0.39 is 23.1 Å². The first kappa shape index (κ1) is 28.5. The van der Waals surface area contributed by atoms with Crippen molar-refractivity contribution >= 4 is 50.8 Å². The molecule has 2 amide bonds. The van der Waals surface area contributed by atoms with Crippen LogP contribution < -0.4 is 15.4 Å². The van der Waals surface area contributed by atoms with E-state index in [-0.39, 0.29) is 29.6 Å². The third-order valence-corrected chi connectivity index (χ3v) is 8.11. The summed E-state index contributed by atoms with van der Waals surface area (Å²) in [7, 11) is 0. The Morgan fingerprint density at radius 2 is 1.82 bits per heavy atom. The Labute approximate surface area is 234 Å². The summed E-state index contributed by atoms with van der Waals surface area (Å²) in [5, 5.41) is 5.59. The van der Waals surface area contributed by atoms with Crippen molar-refractivity contribution in [1.82, 2.24) is 10.3 Å². The van der Waals surface area contributed by atoms with Crippen LogP contribution in [0.1, 0.15) is 55.6 Å². The molecule has 0 aliphatic rings. The summed E-state index contributed by atoms with van der Waals surface area (Å²) in [4.78, 5) is 29.7. The fourth-order valence-corrected chi connectivity index (χ4v) is 5.88. The van der Waals surface area contributed by atoms with Gasteiger partial charge in [0.15, 0.2) is 15.9 Å². The highest BCUT2D eigenvalue weighted by molar-refractivity contribution is 8.01. The minimum Gasteiger partial charge on any atom is -0.488 e. The number of nitrogens with zero attached hydrogens (tertiary/aromatic N) is 1. The zero-order chi connectivity index (χ0) is 27.9. The van der Waals surface area contributed by atoms with Crippen LogP contribution in [0, 0.1) is 11.6 Å². The van der Waals surface area contributed by atoms with Gasteiger partial charge >= 0.3 is 0 Å². The Hall–Kier alpha value is -3.50. The second-order valence-electron chi connectivity index (χ2n) is 9.06. The fourth-order valence-electron chi connectivity index (χ4n) is 3.96. The lowest BCUT2D eigenvalue weighted by atomic mass is 10.1. The monoisotopic (exact) mass is 569 g/mol. The molecule has 10 heteroatoms. The minimum atomic E-state index is -1.26. The van der Waals surface area contributed by atoms with Crippen LogP contribution in [0.4, 0.5) is 14.5 Å². The number of hydrogen-bond donors (Lipinski definition) is 2. The molecule has 0 aliphatic carbocycles. The lowest BCUT2D eigenvalue weighted by molar-refractivity contribution is -0.119. The lowest BCUT2D eigenvalue weighted by Gasteiger charge is -2.15. The van der Waals surface area contributed by atoms with E-state index in [4.69, 9.17) is 4.74 Å². The first-order valence-electron chi connectivity index (χ1n) is 12.6. The van der Waals surface area contributed by atoms with Gasteiger partial charge in [-0.1, -0.05) is 55.4 Å². The highest BCUT2D eigenvalue weighted by Crippen LogP contribution is 2.32. The van der Waals surface area contributed by atoms with Gasteiger partial charge in [-0.25, -0.2) is 9.37 Å². The number of rotatable bonds is 11. The average molecular weight is 570 g/mol. The maximum Gasteiger partial charge on any atom is 0.258 e. The third kappa shape index (κ3) is 7.33. The van der Waals surface area contributed by atoms with E-state index in [0.29, 0.717) is 22.0 Å². The number of anilines is 1. The number of carbonyl (C=O) groups excluding carboxylic acids is 2. The number of hydrogen-bond acceptors (Lipinski definition) is 6. The third-order valence-electron chi connectivity index (χ3n) is 5.95. The quantitative estimate of drug-likeness (QED) is 0.185. The zero-order valence-electron chi connectivity index (χ0n) is 21.8. The number of aromatic nitrogens is 1. The number of amides is 2. The van der Waals surface area contributed by atoms with Gasteiger partial charge in [0.2, 0.25) is 11.7 Å². The Kier molecular flexibility index (Phi) is 9.53. The van der Waals surface area contributed by atoms with Gasteiger partial charge in [0, 0.05) is 5.69 Å². The van der Waals surface area contributed by atoms with Crippen molar-refractivity contribution in [2.75, 3.05) is 11.1 Å². The number of carbonyl (C=O) groups is 2. The van der Waals surface area contributed by atoms with Crippen molar-refractivity contribution in [3.63, 3.8) is 0 Å². The number of ether oxygens (including phenoxy) is 1. The van der Waals surface area contributed by atoms with Gasteiger partial charge in [-0.3, -0.25) is 9.59 Å². The topological polar surface area (TPSA) is 80.3 Å². The van der Waals surface area contributed by atoms with Gasteiger partial charge in [0.1, 0.15) is 0 Å². The summed E-state index contributed by atoms with van der Waals surface area (Å²) in [6.45, 7) is 5.69. The van der Waals surface area contributed by atoms with E-state index in [2.05, 4.69) is 15.6 Å². The Morgan fingerprint density at radius 1 is 1.05 bits per heavy atom. The molecule has 1 unspecified atom stereocenters. The number of fused-ring (bicyclic) bond motifs is 1. The maximum absolute atomic E-state index is 14.7. The van der Waals surface area contributed by atoms with E-state index >= 15 is 0 Å². The number of thiazole rings is 1. The molecular formula is C29H29F2N3O3S2. The second kappa shape index (κ2) is 13.0. The Balaban J connectivity index is 1.37. The lowest BCUT2D eigenvalue weighted by Crippen LogP contribution is -2.28. The van der Waals surface area contributed by atoms with Crippen LogP contribution in [0.5, 0.6) is 5.75 Å². The van der Waals surface area contributed by atoms with Crippen LogP contribution in [0.15, 0.2) is 65.0 Å². The van der Waals surface area contributed by atoms with Crippen molar-refractivity contribution in [3.8, 4) is 5.75 Å². The smallest absolute Gasteiger partial charge is 0.258 e. The van der Waals surface area contributed by atoms with Gasteiger partial charge in [-0.2, -0.15) is 4.39 Å². The van der Waals surface area contributed by atoms with Crippen LogP contribution in [0.3, 0.4) is 0 Å². The van der Waals surface area contributed by atoms with Gasteiger partial charge < -0.3 is 15.4 Å². The highest BCUT2D eigenvalue weighted by Gasteiger charge is 2.21. The van der Waals surface area contributed by atoms with Gasteiger partial charge in [0.25, 0.3) is 5.91 Å². The normalized spacial score (nSPS) is 12.6. The highest BCUT2D eigenvalue weighted by atomic mass is 32.2. The van der Waals surface area contributed by atoms with Crippen LogP contribution in [0.25, 0.3) is 10.2 Å². The summed E-state index contributed by atoms with van der Waals surface area (Å²) in [5.41, 5.74) is 1.73. The van der Waals surface area contributed by atoms with Crippen molar-refractivity contribution in [2.45, 2.75) is 50.1 Å². The molecule has 4 aromatic rings. The predicted octanol–water partition coefficient (Wildman–Crippen LogP) is 7.36. The minimum absolute atomic E-state index is 0.103. The average Bonchev–Trinajstić information content (AvgIpc) is 3.33.